The Bertz CT molecular complexity index is 1320. The summed E-state index contributed by atoms with van der Waals surface area (Å²) in [5.74, 6) is -0.814. The van der Waals surface area contributed by atoms with E-state index in [0.29, 0.717) is 5.69 Å². The van der Waals surface area contributed by atoms with Crippen molar-refractivity contribution in [3.63, 3.8) is 0 Å². The largest absolute Gasteiger partial charge is 0.357 e. The van der Waals surface area contributed by atoms with Gasteiger partial charge in [-0.3, -0.25) is 13.9 Å². The molecule has 0 radical (unpaired) electrons. The zero-order chi connectivity index (χ0) is 26.5. The third-order valence-corrected chi connectivity index (χ3v) is 7.90. The molecular weight excluding hydrogens is 474 g/mol. The molecule has 0 fully saturated rings. The second-order valence-electron chi connectivity index (χ2n) is 8.91. The number of rotatable bonds is 9. The fourth-order valence-corrected chi connectivity index (χ4v) is 5.38. The molecule has 7 nitrogen and oxygen atoms in total. The van der Waals surface area contributed by atoms with E-state index in [1.807, 2.05) is 63.2 Å². The number of benzene rings is 3. The fourth-order valence-electron chi connectivity index (χ4n) is 3.91. The van der Waals surface area contributed by atoms with Crippen molar-refractivity contribution < 1.29 is 18.0 Å². The van der Waals surface area contributed by atoms with Crippen molar-refractivity contribution in [1.29, 1.82) is 0 Å². The van der Waals surface area contributed by atoms with Crippen LogP contribution in [0.15, 0.2) is 77.7 Å². The standard InChI is InChI=1S/C28H33N3O4S/c1-20-12-15-25(16-13-20)36(34,35)31(26-17-21(2)11-14-22(26)3)19-27(32)30(23(4)28(33)29-5)18-24-9-7-6-8-10-24/h6-17,23H,18-19H2,1-5H3,(H,29,33)/t23-/m0/s1. The summed E-state index contributed by atoms with van der Waals surface area (Å²) in [6.07, 6.45) is 0. The molecule has 0 heterocycles. The number of carbonyl (C=O) groups excluding carboxylic acids is 2. The number of hydrogen-bond donors (Lipinski definition) is 1. The molecule has 8 heteroatoms. The van der Waals surface area contributed by atoms with Crippen LogP contribution < -0.4 is 9.62 Å². The zero-order valence-corrected chi connectivity index (χ0v) is 22.2. The molecule has 2 amide bonds. The highest BCUT2D eigenvalue weighted by Gasteiger charge is 2.33. The number of sulfonamides is 1. The van der Waals surface area contributed by atoms with Gasteiger partial charge in [0.1, 0.15) is 12.6 Å². The first-order valence-corrected chi connectivity index (χ1v) is 13.2. The predicted molar refractivity (Wildman–Crippen MR) is 142 cm³/mol. The Morgan fingerprint density at radius 2 is 1.50 bits per heavy atom. The van der Waals surface area contributed by atoms with E-state index in [0.717, 1.165) is 26.6 Å². The van der Waals surface area contributed by atoms with Gasteiger partial charge in [-0.25, -0.2) is 8.42 Å². The van der Waals surface area contributed by atoms with Gasteiger partial charge in [-0.1, -0.05) is 60.2 Å². The first-order valence-electron chi connectivity index (χ1n) is 11.8. The van der Waals surface area contributed by atoms with Gasteiger partial charge in [0.05, 0.1) is 10.6 Å². The summed E-state index contributed by atoms with van der Waals surface area (Å²) in [7, 11) is -2.57. The molecule has 0 spiro atoms. The lowest BCUT2D eigenvalue weighted by Gasteiger charge is -2.32. The summed E-state index contributed by atoms with van der Waals surface area (Å²) in [5.41, 5.74) is 3.78. The zero-order valence-electron chi connectivity index (χ0n) is 21.4. The highest BCUT2D eigenvalue weighted by atomic mass is 32.2. The van der Waals surface area contributed by atoms with E-state index in [1.165, 1.54) is 11.9 Å². The molecule has 3 aromatic carbocycles. The van der Waals surface area contributed by atoms with Crippen molar-refractivity contribution in [1.82, 2.24) is 10.2 Å². The maximum absolute atomic E-state index is 13.9. The normalized spacial score (nSPS) is 12.0. The number of carbonyl (C=O) groups is 2. The van der Waals surface area contributed by atoms with Gasteiger partial charge < -0.3 is 10.2 Å². The van der Waals surface area contributed by atoms with Crippen LogP contribution in [0.5, 0.6) is 0 Å². The van der Waals surface area contributed by atoms with Crippen LogP contribution in [0.2, 0.25) is 0 Å². The van der Waals surface area contributed by atoms with Gasteiger partial charge in [0, 0.05) is 13.6 Å². The average Bonchev–Trinajstić information content (AvgIpc) is 2.87. The Morgan fingerprint density at radius 1 is 0.889 bits per heavy atom. The molecule has 3 aromatic rings. The van der Waals surface area contributed by atoms with Crippen molar-refractivity contribution >= 4 is 27.5 Å². The Labute approximate surface area is 213 Å². The summed E-state index contributed by atoms with van der Waals surface area (Å²) in [4.78, 5) is 27.8. The second-order valence-corrected chi connectivity index (χ2v) is 10.8. The van der Waals surface area contributed by atoms with E-state index in [1.54, 1.807) is 37.3 Å². The van der Waals surface area contributed by atoms with E-state index in [9.17, 15) is 18.0 Å². The summed E-state index contributed by atoms with van der Waals surface area (Å²) >= 11 is 0. The molecule has 1 N–H and O–H groups in total. The predicted octanol–water partition coefficient (Wildman–Crippen LogP) is 3.97. The van der Waals surface area contributed by atoms with Gasteiger partial charge in [-0.05, 0) is 62.6 Å². The van der Waals surface area contributed by atoms with Crippen LogP contribution in [0.4, 0.5) is 5.69 Å². The molecule has 190 valence electrons. The van der Waals surface area contributed by atoms with Gasteiger partial charge in [-0.15, -0.1) is 0 Å². The van der Waals surface area contributed by atoms with E-state index in [-0.39, 0.29) is 17.3 Å². The molecular formula is C28H33N3O4S. The minimum Gasteiger partial charge on any atom is -0.357 e. The maximum Gasteiger partial charge on any atom is 0.264 e. The van der Waals surface area contributed by atoms with E-state index >= 15 is 0 Å². The minimum atomic E-state index is -4.08. The molecule has 0 saturated carbocycles. The number of amides is 2. The molecule has 0 aliphatic heterocycles. The molecule has 0 aliphatic carbocycles. The van der Waals surface area contributed by atoms with Crippen molar-refractivity contribution in [2.75, 3.05) is 17.9 Å². The Morgan fingerprint density at radius 3 is 2.11 bits per heavy atom. The number of anilines is 1. The fraction of sp³-hybridized carbons (Fsp3) is 0.286. The van der Waals surface area contributed by atoms with E-state index < -0.39 is 28.5 Å². The number of likely N-dealkylation sites (N-methyl/N-ethyl adjacent to an activating group) is 1. The smallest absolute Gasteiger partial charge is 0.264 e. The minimum absolute atomic E-state index is 0.0933. The van der Waals surface area contributed by atoms with Crippen molar-refractivity contribution in [3.05, 3.63) is 95.1 Å². The molecule has 1 atom stereocenters. The summed E-state index contributed by atoms with van der Waals surface area (Å²) in [6, 6.07) is 20.5. The van der Waals surface area contributed by atoms with Gasteiger partial charge in [0.25, 0.3) is 10.0 Å². The van der Waals surface area contributed by atoms with Crippen LogP contribution in [0.1, 0.15) is 29.2 Å². The average molecular weight is 508 g/mol. The van der Waals surface area contributed by atoms with Gasteiger partial charge >= 0.3 is 0 Å². The maximum atomic E-state index is 13.9. The molecule has 0 bridgehead atoms. The SMILES string of the molecule is CNC(=O)[C@H](C)N(Cc1ccccc1)C(=O)CN(c1cc(C)ccc1C)S(=O)(=O)c1ccc(C)cc1. The summed E-state index contributed by atoms with van der Waals surface area (Å²) in [5, 5.41) is 2.58. The van der Waals surface area contributed by atoms with Crippen molar-refractivity contribution in [2.24, 2.45) is 0 Å². The Kier molecular flexibility index (Phi) is 8.53. The first-order chi connectivity index (χ1) is 17.0. The van der Waals surface area contributed by atoms with Crippen LogP contribution >= 0.6 is 0 Å². The van der Waals surface area contributed by atoms with Gasteiger partial charge in [0.15, 0.2) is 0 Å². The summed E-state index contributed by atoms with van der Waals surface area (Å²) < 4.78 is 28.9. The summed E-state index contributed by atoms with van der Waals surface area (Å²) in [6.45, 7) is 6.91. The second kappa shape index (κ2) is 11.4. The quantitative estimate of drug-likeness (QED) is 0.475. The molecule has 0 saturated heterocycles. The van der Waals surface area contributed by atoms with E-state index in [2.05, 4.69) is 5.32 Å². The lowest BCUT2D eigenvalue weighted by Crippen LogP contribution is -2.50. The highest BCUT2D eigenvalue weighted by molar-refractivity contribution is 7.92. The van der Waals surface area contributed by atoms with Crippen molar-refractivity contribution in [2.45, 2.75) is 45.2 Å². The monoisotopic (exact) mass is 507 g/mol. The van der Waals surface area contributed by atoms with Crippen LogP contribution in [-0.4, -0.2) is 44.8 Å². The lowest BCUT2D eigenvalue weighted by molar-refractivity contribution is -0.139. The Balaban J connectivity index is 2.07. The van der Waals surface area contributed by atoms with E-state index in [4.69, 9.17) is 0 Å². The molecule has 0 unspecified atom stereocenters. The van der Waals surface area contributed by atoms with Crippen molar-refractivity contribution in [3.8, 4) is 0 Å². The molecule has 36 heavy (non-hydrogen) atoms. The Hall–Kier alpha value is -3.65. The van der Waals surface area contributed by atoms with Gasteiger partial charge in [0.2, 0.25) is 11.8 Å². The van der Waals surface area contributed by atoms with Crippen LogP contribution in [-0.2, 0) is 26.2 Å². The number of nitrogens with zero attached hydrogens (tertiary/aromatic N) is 2. The number of aryl methyl sites for hydroxylation is 3. The topological polar surface area (TPSA) is 86.8 Å². The lowest BCUT2D eigenvalue weighted by atomic mass is 10.1. The third-order valence-electron chi connectivity index (χ3n) is 6.13. The number of hydrogen-bond acceptors (Lipinski definition) is 4. The van der Waals surface area contributed by atoms with Crippen LogP contribution in [0.3, 0.4) is 0 Å². The first kappa shape index (κ1) is 26.9. The molecule has 0 aliphatic rings. The molecule has 3 rings (SSSR count). The van der Waals surface area contributed by atoms with Crippen LogP contribution in [0.25, 0.3) is 0 Å². The van der Waals surface area contributed by atoms with Crippen LogP contribution in [0, 0.1) is 20.8 Å². The van der Waals surface area contributed by atoms with Gasteiger partial charge in [-0.2, -0.15) is 0 Å². The highest BCUT2D eigenvalue weighted by Crippen LogP contribution is 2.28. The molecule has 0 aromatic heterocycles. The number of nitrogens with one attached hydrogen (secondary N) is 1. The third kappa shape index (κ3) is 6.12.